The summed E-state index contributed by atoms with van der Waals surface area (Å²) in [6, 6.07) is 0. The molecule has 0 spiro atoms. The molecule has 16 heavy (non-hydrogen) atoms. The predicted octanol–water partition coefficient (Wildman–Crippen LogP) is 0.402. The third-order valence-electron chi connectivity index (χ3n) is 2.77. The van der Waals surface area contributed by atoms with Crippen molar-refractivity contribution >= 4 is 9.84 Å². The van der Waals surface area contributed by atoms with Gasteiger partial charge >= 0.3 is 0 Å². The van der Waals surface area contributed by atoms with Crippen LogP contribution in [0.2, 0.25) is 0 Å². The van der Waals surface area contributed by atoms with E-state index in [1.807, 2.05) is 20.8 Å². The third kappa shape index (κ3) is 1.81. The minimum atomic E-state index is -3.08. The predicted molar refractivity (Wildman–Crippen MR) is 61.2 cm³/mol. The number of aromatic amines is 1. The molecule has 0 atom stereocenters. The second kappa shape index (κ2) is 3.23. The van der Waals surface area contributed by atoms with E-state index in [4.69, 9.17) is 0 Å². The van der Waals surface area contributed by atoms with E-state index in [0.29, 0.717) is 12.0 Å². The topological polar surface area (TPSA) is 71.9 Å². The maximum absolute atomic E-state index is 12.0. The lowest BCUT2D eigenvalue weighted by Crippen LogP contribution is -2.33. The van der Waals surface area contributed by atoms with Gasteiger partial charge in [-0.15, -0.1) is 0 Å². The Hall–Kier alpha value is -1.04. The number of aromatic nitrogens is 2. The van der Waals surface area contributed by atoms with Crippen LogP contribution in [0.1, 0.15) is 32.0 Å². The van der Waals surface area contributed by atoms with Crippen molar-refractivity contribution in [1.29, 1.82) is 0 Å². The van der Waals surface area contributed by atoms with Crippen LogP contribution in [0.25, 0.3) is 0 Å². The summed E-state index contributed by atoms with van der Waals surface area (Å²) in [5, 5.41) is 3.02. The largest absolute Gasteiger partial charge is 0.299 e. The van der Waals surface area contributed by atoms with Crippen LogP contribution in [0.3, 0.4) is 0 Å². The first-order valence-electron chi connectivity index (χ1n) is 5.24. The van der Waals surface area contributed by atoms with Gasteiger partial charge < -0.3 is 0 Å². The Labute approximate surface area is 94.4 Å². The van der Waals surface area contributed by atoms with Crippen molar-refractivity contribution in [1.82, 2.24) is 9.78 Å². The number of nitrogens with zero attached hydrogens (tertiary/aromatic N) is 1. The van der Waals surface area contributed by atoms with Crippen LogP contribution in [0.4, 0.5) is 0 Å². The van der Waals surface area contributed by atoms with E-state index in [9.17, 15) is 13.2 Å². The maximum atomic E-state index is 12.0. The first-order valence-corrected chi connectivity index (χ1v) is 7.06. The molecular weight excluding hydrogens is 228 g/mol. The Morgan fingerprint density at radius 1 is 1.31 bits per heavy atom. The maximum Gasteiger partial charge on any atom is 0.271 e. The lowest BCUT2D eigenvalue weighted by atomic mass is 10.1. The molecule has 2 heterocycles. The van der Waals surface area contributed by atoms with Crippen LogP contribution in [0, 0.1) is 0 Å². The van der Waals surface area contributed by atoms with Crippen molar-refractivity contribution in [2.45, 2.75) is 38.5 Å². The smallest absolute Gasteiger partial charge is 0.271 e. The summed E-state index contributed by atoms with van der Waals surface area (Å²) in [6.45, 7) is 5.72. The van der Waals surface area contributed by atoms with Gasteiger partial charge in [-0.3, -0.25) is 9.89 Å². The minimum absolute atomic E-state index is 0.124. The highest BCUT2D eigenvalue weighted by Crippen LogP contribution is 2.18. The standard InChI is InChI=1S/C10H16N2O3S/c1-10(2,3)12-9(13)7-6-16(14,15)5-4-8(7)11-12/h11H,4-6H2,1-3H3. The number of aryl methyl sites for hydroxylation is 1. The first kappa shape index (κ1) is 11.4. The zero-order valence-corrected chi connectivity index (χ0v) is 10.5. The normalized spacial score (nSPS) is 19.4. The average Bonchev–Trinajstić information content (AvgIpc) is 2.41. The van der Waals surface area contributed by atoms with Crippen molar-refractivity contribution in [2.75, 3.05) is 5.75 Å². The average molecular weight is 244 g/mol. The fourth-order valence-corrected chi connectivity index (χ4v) is 3.29. The number of hydrogen-bond donors (Lipinski definition) is 1. The molecule has 90 valence electrons. The lowest BCUT2D eigenvalue weighted by Gasteiger charge is -2.19. The van der Waals surface area contributed by atoms with Gasteiger partial charge in [-0.25, -0.2) is 13.1 Å². The van der Waals surface area contributed by atoms with E-state index >= 15 is 0 Å². The van der Waals surface area contributed by atoms with Gasteiger partial charge in [0.25, 0.3) is 5.56 Å². The molecule has 0 radical (unpaired) electrons. The van der Waals surface area contributed by atoms with Crippen LogP contribution in [-0.4, -0.2) is 24.0 Å². The van der Waals surface area contributed by atoms with Crippen molar-refractivity contribution in [3.05, 3.63) is 21.6 Å². The molecule has 2 rings (SSSR count). The van der Waals surface area contributed by atoms with Gasteiger partial charge in [-0.2, -0.15) is 0 Å². The molecular formula is C10H16N2O3S. The summed E-state index contributed by atoms with van der Waals surface area (Å²) in [5.41, 5.74) is 0.639. The Balaban J connectivity index is 2.60. The lowest BCUT2D eigenvalue weighted by molar-refractivity contribution is 0.343. The summed E-state index contributed by atoms with van der Waals surface area (Å²) in [4.78, 5) is 12.0. The number of fused-ring (bicyclic) bond motifs is 1. The van der Waals surface area contributed by atoms with Gasteiger partial charge in [0, 0.05) is 12.1 Å². The van der Waals surface area contributed by atoms with Crippen molar-refractivity contribution in [3.8, 4) is 0 Å². The summed E-state index contributed by atoms with van der Waals surface area (Å²) in [6.07, 6.45) is 0.413. The molecule has 0 unspecified atom stereocenters. The van der Waals surface area contributed by atoms with Crippen LogP contribution >= 0.6 is 0 Å². The third-order valence-corrected chi connectivity index (χ3v) is 4.33. The van der Waals surface area contributed by atoms with Gasteiger partial charge in [-0.05, 0) is 20.8 Å². The van der Waals surface area contributed by atoms with Gasteiger partial charge in [0.2, 0.25) is 0 Å². The van der Waals surface area contributed by atoms with E-state index in [1.54, 1.807) is 0 Å². The molecule has 1 aromatic heterocycles. The van der Waals surface area contributed by atoms with Crippen LogP contribution < -0.4 is 5.56 Å². The molecule has 1 aliphatic rings. The van der Waals surface area contributed by atoms with E-state index in [0.717, 1.165) is 5.69 Å². The zero-order chi connectivity index (χ0) is 12.1. The minimum Gasteiger partial charge on any atom is -0.299 e. The molecule has 0 saturated carbocycles. The molecule has 0 aromatic carbocycles. The Morgan fingerprint density at radius 3 is 2.50 bits per heavy atom. The molecule has 1 N–H and O–H groups in total. The zero-order valence-electron chi connectivity index (χ0n) is 9.70. The molecule has 0 bridgehead atoms. The van der Waals surface area contributed by atoms with Crippen molar-refractivity contribution < 1.29 is 8.42 Å². The van der Waals surface area contributed by atoms with E-state index in [1.165, 1.54) is 4.68 Å². The molecule has 6 heteroatoms. The molecule has 0 saturated heterocycles. The van der Waals surface area contributed by atoms with E-state index in [2.05, 4.69) is 5.10 Å². The van der Waals surface area contributed by atoms with Gasteiger partial charge in [0.15, 0.2) is 9.84 Å². The van der Waals surface area contributed by atoms with Gasteiger partial charge in [-0.1, -0.05) is 0 Å². The molecule has 0 aliphatic carbocycles. The van der Waals surface area contributed by atoms with Crippen molar-refractivity contribution in [3.63, 3.8) is 0 Å². The van der Waals surface area contributed by atoms with E-state index < -0.39 is 9.84 Å². The number of nitrogens with one attached hydrogen (secondary N) is 1. The Morgan fingerprint density at radius 2 is 1.94 bits per heavy atom. The second-order valence-corrected chi connectivity index (χ2v) is 7.41. The van der Waals surface area contributed by atoms with E-state index in [-0.39, 0.29) is 22.6 Å². The van der Waals surface area contributed by atoms with Crippen molar-refractivity contribution in [2.24, 2.45) is 0 Å². The Bertz CT molecular complexity index is 572. The second-order valence-electron chi connectivity index (χ2n) is 5.22. The number of rotatable bonds is 0. The summed E-state index contributed by atoms with van der Waals surface area (Å²) < 4.78 is 24.4. The molecule has 0 amide bonds. The highest BCUT2D eigenvalue weighted by atomic mass is 32.2. The fourth-order valence-electron chi connectivity index (χ4n) is 1.89. The highest BCUT2D eigenvalue weighted by molar-refractivity contribution is 7.90. The molecule has 5 nitrogen and oxygen atoms in total. The highest BCUT2D eigenvalue weighted by Gasteiger charge is 2.29. The van der Waals surface area contributed by atoms with Crippen LogP contribution in [0.15, 0.2) is 4.79 Å². The van der Waals surface area contributed by atoms with Crippen LogP contribution in [-0.2, 0) is 27.5 Å². The van der Waals surface area contributed by atoms with Gasteiger partial charge in [0.05, 0.1) is 22.6 Å². The number of hydrogen-bond acceptors (Lipinski definition) is 3. The Kier molecular flexibility index (Phi) is 2.31. The molecule has 1 aliphatic heterocycles. The van der Waals surface area contributed by atoms with Gasteiger partial charge in [0.1, 0.15) is 0 Å². The number of H-pyrrole nitrogens is 1. The monoisotopic (exact) mass is 244 g/mol. The summed E-state index contributed by atoms with van der Waals surface area (Å²) in [5.74, 6) is 0.00480. The first-order chi connectivity index (χ1) is 7.21. The summed E-state index contributed by atoms with van der Waals surface area (Å²) in [7, 11) is -3.08. The molecule has 1 aromatic rings. The molecule has 0 fully saturated rings. The van der Waals surface area contributed by atoms with Crippen LogP contribution in [0.5, 0.6) is 0 Å². The summed E-state index contributed by atoms with van der Waals surface area (Å²) >= 11 is 0. The SMILES string of the molecule is CC(C)(C)n1[nH]c2c(c1=O)CS(=O)(=O)CC2. The fraction of sp³-hybridized carbons (Fsp3) is 0.700. The quantitative estimate of drug-likeness (QED) is 0.718. The number of sulfone groups is 1.